The van der Waals surface area contributed by atoms with Gasteiger partial charge in [0.2, 0.25) is 0 Å². The third kappa shape index (κ3) is 15.7. The van der Waals surface area contributed by atoms with Gasteiger partial charge in [0.25, 0.3) is 0 Å². The molecule has 0 aliphatic carbocycles. The Morgan fingerprint density at radius 2 is 1.40 bits per heavy atom. The predicted octanol–water partition coefficient (Wildman–Crippen LogP) is 4.68. The highest BCUT2D eigenvalue weighted by Crippen LogP contribution is 2.13. The van der Waals surface area contributed by atoms with Crippen LogP contribution in [0, 0.1) is 5.92 Å². The summed E-state index contributed by atoms with van der Waals surface area (Å²) in [6.45, 7) is 8.26. The Hall–Kier alpha value is -0.340. The lowest BCUT2D eigenvalue weighted by molar-refractivity contribution is 0.227. The summed E-state index contributed by atoms with van der Waals surface area (Å²) in [6.07, 6.45) is 16.8. The Morgan fingerprint density at radius 3 is 1.90 bits per heavy atom. The van der Waals surface area contributed by atoms with E-state index in [1.165, 1.54) is 70.6 Å². The molecule has 0 aromatic rings. The fraction of sp³-hybridized carbons (Fsp3) is 0.889. The fourth-order valence-electron chi connectivity index (χ4n) is 2.45. The summed E-state index contributed by atoms with van der Waals surface area (Å²) in [5.74, 6) is 0.496. The van der Waals surface area contributed by atoms with Crippen molar-refractivity contribution in [3.05, 3.63) is 12.7 Å². The van der Waals surface area contributed by atoms with Gasteiger partial charge in [-0.25, -0.2) is 0 Å². The second kappa shape index (κ2) is 16.7. The van der Waals surface area contributed by atoms with Gasteiger partial charge in [0.05, 0.1) is 0 Å². The Labute approximate surface area is 127 Å². The molecule has 0 saturated carbocycles. The molecule has 0 fully saturated rings. The molecule has 20 heavy (non-hydrogen) atoms. The molecule has 0 spiro atoms. The lowest BCUT2D eigenvalue weighted by Gasteiger charge is -2.07. The van der Waals surface area contributed by atoms with Crippen LogP contribution in [0.2, 0.25) is 0 Å². The lowest BCUT2D eigenvalue weighted by Crippen LogP contribution is -2.14. The number of hydrogen-bond acceptors (Lipinski definition) is 2. The zero-order chi connectivity index (χ0) is 14.9. The minimum atomic E-state index is 0.350. The van der Waals surface area contributed by atoms with Crippen molar-refractivity contribution in [1.82, 2.24) is 5.32 Å². The van der Waals surface area contributed by atoms with E-state index in [1.807, 2.05) is 6.08 Å². The smallest absolute Gasteiger partial charge is 0.0456 e. The van der Waals surface area contributed by atoms with Crippen LogP contribution in [0.3, 0.4) is 0 Å². The third-order valence-corrected chi connectivity index (χ3v) is 3.90. The van der Waals surface area contributed by atoms with Crippen molar-refractivity contribution < 1.29 is 5.11 Å². The Kier molecular flexibility index (Phi) is 16.4. The summed E-state index contributed by atoms with van der Waals surface area (Å²) in [6, 6.07) is 0. The molecule has 0 bridgehead atoms. The molecule has 0 amide bonds. The molecule has 2 heteroatoms. The van der Waals surface area contributed by atoms with Crippen LogP contribution >= 0.6 is 0 Å². The topological polar surface area (TPSA) is 32.3 Å². The maximum atomic E-state index is 8.93. The van der Waals surface area contributed by atoms with Crippen LogP contribution in [0.1, 0.15) is 77.6 Å². The van der Waals surface area contributed by atoms with Gasteiger partial charge in [0, 0.05) is 13.2 Å². The van der Waals surface area contributed by atoms with Crippen LogP contribution in [0.4, 0.5) is 0 Å². The predicted molar refractivity (Wildman–Crippen MR) is 90.1 cm³/mol. The van der Waals surface area contributed by atoms with Gasteiger partial charge in [-0.1, -0.05) is 70.8 Å². The second-order valence-electron chi connectivity index (χ2n) is 6.10. The molecule has 0 heterocycles. The number of rotatable bonds is 16. The number of aliphatic hydroxyl groups is 1. The first kappa shape index (κ1) is 19.7. The maximum absolute atomic E-state index is 8.93. The minimum absolute atomic E-state index is 0.350. The van der Waals surface area contributed by atoms with Crippen molar-refractivity contribution in [3.63, 3.8) is 0 Å². The molecule has 0 aromatic carbocycles. The van der Waals surface area contributed by atoms with E-state index in [4.69, 9.17) is 5.11 Å². The van der Waals surface area contributed by atoms with Crippen molar-refractivity contribution in [3.8, 4) is 0 Å². The molecule has 0 aliphatic rings. The van der Waals surface area contributed by atoms with Gasteiger partial charge in [-0.2, -0.15) is 0 Å². The van der Waals surface area contributed by atoms with Gasteiger partial charge >= 0.3 is 0 Å². The van der Waals surface area contributed by atoms with E-state index in [1.54, 1.807) is 0 Å². The Balaban J connectivity index is 2.97. The highest BCUT2D eigenvalue weighted by Gasteiger charge is 1.99. The number of nitrogens with one attached hydrogen (secondary N) is 1. The summed E-state index contributed by atoms with van der Waals surface area (Å²) in [5, 5.41) is 12.3. The molecule has 0 rings (SSSR count). The third-order valence-electron chi connectivity index (χ3n) is 3.90. The monoisotopic (exact) mass is 283 g/mol. The minimum Gasteiger partial charge on any atom is -0.396 e. The van der Waals surface area contributed by atoms with E-state index in [2.05, 4.69) is 18.8 Å². The average molecular weight is 283 g/mol. The molecule has 1 atom stereocenters. The first-order valence-electron chi connectivity index (χ1n) is 8.73. The summed E-state index contributed by atoms with van der Waals surface area (Å²) < 4.78 is 0. The van der Waals surface area contributed by atoms with Gasteiger partial charge in [0.15, 0.2) is 0 Å². The highest BCUT2D eigenvalue weighted by atomic mass is 16.3. The standard InChI is InChI=1S/C18H37NO/c1-3-15-19-16-13-11-9-7-5-4-6-8-10-12-14-18(2)17-20/h3,18-20H,1,4-17H2,2H3. The summed E-state index contributed by atoms with van der Waals surface area (Å²) >= 11 is 0. The largest absolute Gasteiger partial charge is 0.396 e. The van der Waals surface area contributed by atoms with E-state index in [0.717, 1.165) is 13.1 Å². The molecule has 2 N–H and O–H groups in total. The zero-order valence-electron chi connectivity index (χ0n) is 13.7. The number of hydrogen-bond donors (Lipinski definition) is 2. The van der Waals surface area contributed by atoms with Crippen molar-refractivity contribution in [1.29, 1.82) is 0 Å². The fourth-order valence-corrected chi connectivity index (χ4v) is 2.45. The highest BCUT2D eigenvalue weighted by molar-refractivity contribution is 4.69. The van der Waals surface area contributed by atoms with Gasteiger partial charge < -0.3 is 10.4 Å². The maximum Gasteiger partial charge on any atom is 0.0456 e. The number of aliphatic hydroxyl groups excluding tert-OH is 1. The second-order valence-corrected chi connectivity index (χ2v) is 6.10. The van der Waals surface area contributed by atoms with Crippen LogP contribution in [0.15, 0.2) is 12.7 Å². The molecular formula is C18H37NO. The van der Waals surface area contributed by atoms with Crippen molar-refractivity contribution >= 4 is 0 Å². The number of unbranched alkanes of at least 4 members (excludes halogenated alkanes) is 9. The van der Waals surface area contributed by atoms with Crippen LogP contribution in [0.5, 0.6) is 0 Å². The molecular weight excluding hydrogens is 246 g/mol. The van der Waals surface area contributed by atoms with E-state index in [-0.39, 0.29) is 0 Å². The van der Waals surface area contributed by atoms with Crippen LogP contribution < -0.4 is 5.32 Å². The van der Waals surface area contributed by atoms with Crippen molar-refractivity contribution in [2.75, 3.05) is 19.7 Å². The van der Waals surface area contributed by atoms with Crippen LogP contribution in [0.25, 0.3) is 0 Å². The van der Waals surface area contributed by atoms with Gasteiger partial charge in [-0.3, -0.25) is 0 Å². The molecule has 0 saturated heterocycles. The molecule has 0 radical (unpaired) electrons. The van der Waals surface area contributed by atoms with E-state index >= 15 is 0 Å². The zero-order valence-corrected chi connectivity index (χ0v) is 13.7. The molecule has 120 valence electrons. The Morgan fingerprint density at radius 1 is 0.900 bits per heavy atom. The molecule has 0 aliphatic heterocycles. The van der Waals surface area contributed by atoms with Gasteiger partial charge in [-0.15, -0.1) is 6.58 Å². The quantitative estimate of drug-likeness (QED) is 0.318. The van der Waals surface area contributed by atoms with Crippen LogP contribution in [-0.2, 0) is 0 Å². The Bertz CT molecular complexity index is 194. The molecule has 0 aromatic heterocycles. The average Bonchev–Trinajstić information content (AvgIpc) is 2.47. The molecule has 1 unspecified atom stereocenters. The lowest BCUT2D eigenvalue weighted by atomic mass is 10.0. The summed E-state index contributed by atoms with van der Waals surface area (Å²) in [5.41, 5.74) is 0. The first-order valence-corrected chi connectivity index (χ1v) is 8.73. The normalized spacial score (nSPS) is 12.5. The van der Waals surface area contributed by atoms with E-state index < -0.39 is 0 Å². The van der Waals surface area contributed by atoms with Gasteiger partial charge in [-0.05, 0) is 25.3 Å². The van der Waals surface area contributed by atoms with E-state index in [0.29, 0.717) is 12.5 Å². The summed E-state index contributed by atoms with van der Waals surface area (Å²) in [7, 11) is 0. The van der Waals surface area contributed by atoms with Crippen molar-refractivity contribution in [2.24, 2.45) is 5.92 Å². The first-order chi connectivity index (χ1) is 9.81. The SMILES string of the molecule is C=CCNCCCCCCCCCCCCC(C)CO. The molecule has 2 nitrogen and oxygen atoms in total. The van der Waals surface area contributed by atoms with Gasteiger partial charge in [0.1, 0.15) is 0 Å². The van der Waals surface area contributed by atoms with E-state index in [9.17, 15) is 0 Å². The summed E-state index contributed by atoms with van der Waals surface area (Å²) in [4.78, 5) is 0. The van der Waals surface area contributed by atoms with Crippen molar-refractivity contribution in [2.45, 2.75) is 77.6 Å². The van der Waals surface area contributed by atoms with Crippen LogP contribution in [-0.4, -0.2) is 24.8 Å².